The number of likely N-dealkylation sites (N-methyl/N-ethyl adjacent to an activating group) is 1. The lowest BCUT2D eigenvalue weighted by molar-refractivity contribution is -0.121. The van der Waals surface area contributed by atoms with Gasteiger partial charge in [-0.05, 0) is 42.0 Å². The normalized spacial score (nSPS) is 11.4. The zero-order chi connectivity index (χ0) is 22.9. The van der Waals surface area contributed by atoms with Crippen molar-refractivity contribution in [1.29, 1.82) is 0 Å². The van der Waals surface area contributed by atoms with Crippen molar-refractivity contribution >= 4 is 22.1 Å². The van der Waals surface area contributed by atoms with Crippen molar-refractivity contribution in [2.24, 2.45) is 5.10 Å². The summed E-state index contributed by atoms with van der Waals surface area (Å²) in [5.41, 5.74) is 3.04. The topological polar surface area (TPSA) is 107 Å². The molecule has 0 radical (unpaired) electrons. The highest BCUT2D eigenvalue weighted by molar-refractivity contribution is 7.89. The van der Waals surface area contributed by atoms with Crippen LogP contribution in [0.3, 0.4) is 0 Å². The highest BCUT2D eigenvalue weighted by Gasteiger charge is 2.24. The van der Waals surface area contributed by atoms with Crippen molar-refractivity contribution < 1.29 is 27.4 Å². The third-order valence-corrected chi connectivity index (χ3v) is 5.88. The molecule has 0 aliphatic rings. The first kappa shape index (κ1) is 23.9. The minimum Gasteiger partial charge on any atom is -0.493 e. The van der Waals surface area contributed by atoms with E-state index in [0.29, 0.717) is 18.1 Å². The Morgan fingerprint density at radius 1 is 1.13 bits per heavy atom. The van der Waals surface area contributed by atoms with Gasteiger partial charge in [-0.3, -0.25) is 4.79 Å². The van der Waals surface area contributed by atoms with E-state index in [1.54, 1.807) is 30.3 Å². The Hall–Kier alpha value is -3.37. The first-order chi connectivity index (χ1) is 14.8. The summed E-state index contributed by atoms with van der Waals surface area (Å²) in [6.45, 7) is 3.57. The number of hydrogen-bond donors (Lipinski definition) is 1. The molecule has 0 aliphatic heterocycles. The Kier molecular flexibility index (Phi) is 8.59. The molecule has 2 aromatic rings. The van der Waals surface area contributed by atoms with Gasteiger partial charge in [0.2, 0.25) is 10.0 Å². The van der Waals surface area contributed by atoms with Gasteiger partial charge in [0.1, 0.15) is 12.4 Å². The minimum atomic E-state index is -3.92. The van der Waals surface area contributed by atoms with Gasteiger partial charge in [0.25, 0.3) is 5.91 Å². The first-order valence-corrected chi connectivity index (χ1v) is 10.6. The summed E-state index contributed by atoms with van der Waals surface area (Å²) < 4.78 is 42.0. The largest absolute Gasteiger partial charge is 0.493 e. The number of ether oxygens (including phenoxy) is 3. The number of amides is 1. The molecule has 0 aromatic heterocycles. The second kappa shape index (κ2) is 11.1. The van der Waals surface area contributed by atoms with Gasteiger partial charge in [-0.2, -0.15) is 9.41 Å². The maximum atomic E-state index is 12.7. The van der Waals surface area contributed by atoms with Crippen LogP contribution in [-0.4, -0.2) is 59.3 Å². The molecule has 10 heteroatoms. The van der Waals surface area contributed by atoms with Crippen LogP contribution in [0.5, 0.6) is 17.2 Å². The molecule has 1 N–H and O–H groups in total. The predicted octanol–water partition coefficient (Wildman–Crippen LogP) is 2.04. The standard InChI is InChI=1S/C21H25N3O6S/c1-5-12-30-17-8-6-16(7-9-17)14-22-23-21(25)15-24(2)31(26,27)18-10-11-19(28-3)20(13-18)29-4/h5-11,13-14H,1,12,15H2,2-4H3,(H,23,25)/b22-14-. The molecular formula is C21H25N3O6S. The molecule has 0 spiro atoms. The maximum Gasteiger partial charge on any atom is 0.255 e. The van der Waals surface area contributed by atoms with Gasteiger partial charge in [0, 0.05) is 13.1 Å². The molecule has 1 amide bonds. The van der Waals surface area contributed by atoms with Gasteiger partial charge in [0.05, 0.1) is 31.9 Å². The van der Waals surface area contributed by atoms with Crippen LogP contribution in [-0.2, 0) is 14.8 Å². The van der Waals surface area contributed by atoms with Crippen LogP contribution in [0.2, 0.25) is 0 Å². The fourth-order valence-electron chi connectivity index (χ4n) is 2.46. The SMILES string of the molecule is C=CCOc1ccc(/C=N\NC(=O)CN(C)S(=O)(=O)c2ccc(OC)c(OC)c2)cc1. The molecular weight excluding hydrogens is 422 g/mol. The Bertz CT molecular complexity index is 1040. The summed E-state index contributed by atoms with van der Waals surface area (Å²) >= 11 is 0. The fourth-order valence-corrected chi connectivity index (χ4v) is 3.61. The van der Waals surface area contributed by atoms with Gasteiger partial charge >= 0.3 is 0 Å². The molecule has 0 saturated heterocycles. The molecule has 0 aliphatic carbocycles. The smallest absolute Gasteiger partial charge is 0.255 e. The van der Waals surface area contributed by atoms with Crippen LogP contribution in [0.15, 0.2) is 65.1 Å². The fraction of sp³-hybridized carbons (Fsp3) is 0.238. The number of hydrazone groups is 1. The maximum absolute atomic E-state index is 12.7. The zero-order valence-corrected chi connectivity index (χ0v) is 18.4. The second-order valence-electron chi connectivity index (χ2n) is 6.24. The van der Waals surface area contributed by atoms with Crippen LogP contribution >= 0.6 is 0 Å². The van der Waals surface area contributed by atoms with E-state index >= 15 is 0 Å². The first-order valence-electron chi connectivity index (χ1n) is 9.16. The zero-order valence-electron chi connectivity index (χ0n) is 17.6. The summed E-state index contributed by atoms with van der Waals surface area (Å²) in [5, 5.41) is 3.85. The van der Waals surface area contributed by atoms with Crippen LogP contribution in [0.4, 0.5) is 0 Å². The van der Waals surface area contributed by atoms with Gasteiger partial charge < -0.3 is 14.2 Å². The minimum absolute atomic E-state index is 0.0253. The quantitative estimate of drug-likeness (QED) is 0.321. The number of hydrogen-bond acceptors (Lipinski definition) is 7. The molecule has 0 heterocycles. The average Bonchev–Trinajstić information content (AvgIpc) is 2.77. The average molecular weight is 448 g/mol. The number of benzene rings is 2. The molecule has 9 nitrogen and oxygen atoms in total. The van der Waals surface area contributed by atoms with Crippen LogP contribution in [0.1, 0.15) is 5.56 Å². The predicted molar refractivity (Wildman–Crippen MR) is 117 cm³/mol. The molecule has 0 atom stereocenters. The third kappa shape index (κ3) is 6.56. The van der Waals surface area contributed by atoms with Crippen molar-refractivity contribution in [3.8, 4) is 17.2 Å². The van der Waals surface area contributed by atoms with Crippen molar-refractivity contribution in [3.05, 3.63) is 60.7 Å². The second-order valence-corrected chi connectivity index (χ2v) is 8.28. The molecule has 31 heavy (non-hydrogen) atoms. The summed E-state index contributed by atoms with van der Waals surface area (Å²) in [4.78, 5) is 12.1. The molecule has 166 valence electrons. The Labute approximate surface area is 182 Å². The van der Waals surface area contributed by atoms with Crippen molar-refractivity contribution in [1.82, 2.24) is 9.73 Å². The molecule has 2 rings (SSSR count). The van der Waals surface area contributed by atoms with Crippen molar-refractivity contribution in [2.75, 3.05) is 34.4 Å². The van der Waals surface area contributed by atoms with Gasteiger partial charge in [-0.1, -0.05) is 12.7 Å². The van der Waals surface area contributed by atoms with E-state index in [9.17, 15) is 13.2 Å². The lowest BCUT2D eigenvalue weighted by Crippen LogP contribution is -2.36. The van der Waals surface area contributed by atoms with Crippen LogP contribution in [0, 0.1) is 0 Å². The Morgan fingerprint density at radius 2 is 1.81 bits per heavy atom. The lowest BCUT2D eigenvalue weighted by Gasteiger charge is -2.17. The summed E-state index contributed by atoms with van der Waals surface area (Å²) in [6, 6.07) is 11.3. The number of nitrogens with one attached hydrogen (secondary N) is 1. The summed E-state index contributed by atoms with van der Waals surface area (Å²) in [5.74, 6) is 0.764. The molecule has 2 aromatic carbocycles. The number of carbonyl (C=O) groups excluding carboxylic acids is 1. The van der Waals surface area contributed by atoms with Crippen molar-refractivity contribution in [2.45, 2.75) is 4.90 Å². The van der Waals surface area contributed by atoms with Gasteiger partial charge in [-0.15, -0.1) is 0 Å². The molecule has 0 saturated carbocycles. The summed E-state index contributed by atoms with van der Waals surface area (Å²) in [7, 11) is 0.246. The molecule has 0 bridgehead atoms. The van der Waals surface area contributed by atoms with E-state index in [-0.39, 0.29) is 10.6 Å². The number of carbonyl (C=O) groups is 1. The van der Waals surface area contributed by atoms with E-state index in [1.165, 1.54) is 45.7 Å². The Balaban J connectivity index is 1.96. The monoisotopic (exact) mass is 447 g/mol. The van der Waals surface area contributed by atoms with E-state index in [0.717, 1.165) is 9.87 Å². The van der Waals surface area contributed by atoms with Gasteiger partial charge in [0.15, 0.2) is 11.5 Å². The highest BCUT2D eigenvalue weighted by Crippen LogP contribution is 2.30. The Morgan fingerprint density at radius 3 is 2.42 bits per heavy atom. The van der Waals surface area contributed by atoms with Crippen molar-refractivity contribution in [3.63, 3.8) is 0 Å². The number of sulfonamides is 1. The van der Waals surface area contributed by atoms with E-state index in [2.05, 4.69) is 17.1 Å². The molecule has 0 fully saturated rings. The van der Waals surface area contributed by atoms with E-state index in [4.69, 9.17) is 14.2 Å². The number of methoxy groups -OCH3 is 2. The number of nitrogens with zero attached hydrogens (tertiary/aromatic N) is 2. The molecule has 0 unspecified atom stereocenters. The summed E-state index contributed by atoms with van der Waals surface area (Å²) in [6.07, 6.45) is 3.09. The highest BCUT2D eigenvalue weighted by atomic mass is 32.2. The van der Waals surface area contributed by atoms with Gasteiger partial charge in [-0.25, -0.2) is 13.8 Å². The van der Waals surface area contributed by atoms with Crippen LogP contribution < -0.4 is 19.6 Å². The third-order valence-electron chi connectivity index (χ3n) is 4.08. The van der Waals surface area contributed by atoms with E-state index in [1.807, 2.05) is 0 Å². The lowest BCUT2D eigenvalue weighted by atomic mass is 10.2. The van der Waals surface area contributed by atoms with E-state index < -0.39 is 22.5 Å². The van der Waals surface area contributed by atoms with Crippen LogP contribution in [0.25, 0.3) is 0 Å². The number of rotatable bonds is 11.